The van der Waals surface area contributed by atoms with Gasteiger partial charge in [-0.05, 0) is 42.9 Å². The van der Waals surface area contributed by atoms with Crippen LogP contribution in [0.15, 0.2) is 24.3 Å². The van der Waals surface area contributed by atoms with Crippen LogP contribution in [0.3, 0.4) is 0 Å². The van der Waals surface area contributed by atoms with Crippen LogP contribution in [0.25, 0.3) is 0 Å². The highest BCUT2D eigenvalue weighted by atomic mass is 19.4. The minimum absolute atomic E-state index is 0.190. The van der Waals surface area contributed by atoms with E-state index in [1.807, 2.05) is 0 Å². The van der Waals surface area contributed by atoms with Gasteiger partial charge in [-0.1, -0.05) is 25.3 Å². The topological polar surface area (TPSA) is 32.3 Å². The maximum Gasteiger partial charge on any atom is 0.416 e. The lowest BCUT2D eigenvalue weighted by atomic mass is 9.75. The van der Waals surface area contributed by atoms with Crippen LogP contribution in [0.4, 0.5) is 23.7 Å². The number of hydrogen-bond acceptors (Lipinski definition) is 1. The van der Waals surface area contributed by atoms with Crippen molar-refractivity contribution in [3.05, 3.63) is 29.8 Å². The second-order valence-corrected chi connectivity index (χ2v) is 6.55. The number of likely N-dealkylation sites (tertiary alicyclic amines) is 1. The van der Waals surface area contributed by atoms with Crippen molar-refractivity contribution in [1.82, 2.24) is 4.90 Å². The summed E-state index contributed by atoms with van der Waals surface area (Å²) in [5, 5.41) is 2.61. The van der Waals surface area contributed by atoms with E-state index in [4.69, 9.17) is 0 Å². The number of carbonyl (C=O) groups is 1. The number of piperidine rings is 1. The third kappa shape index (κ3) is 3.79. The lowest BCUT2D eigenvalue weighted by Crippen LogP contribution is -2.46. The molecule has 3 nitrogen and oxygen atoms in total. The van der Waals surface area contributed by atoms with Gasteiger partial charge in [-0.3, -0.25) is 0 Å². The summed E-state index contributed by atoms with van der Waals surface area (Å²) in [6.07, 6.45) is 1.48. The minimum Gasteiger partial charge on any atom is -0.324 e. The molecular weight excluding hydrogens is 305 g/mol. The fraction of sp³-hybridized carbons (Fsp3) is 0.588. The van der Waals surface area contributed by atoms with Crippen molar-refractivity contribution in [2.24, 2.45) is 11.8 Å². The van der Waals surface area contributed by atoms with Crippen molar-refractivity contribution in [3.8, 4) is 0 Å². The zero-order valence-corrected chi connectivity index (χ0v) is 12.9. The molecule has 1 heterocycles. The number of fused-ring (bicyclic) bond motifs is 1. The number of benzene rings is 1. The summed E-state index contributed by atoms with van der Waals surface area (Å²) in [4.78, 5) is 14.1. The van der Waals surface area contributed by atoms with E-state index in [-0.39, 0.29) is 11.7 Å². The largest absolute Gasteiger partial charge is 0.416 e. The van der Waals surface area contributed by atoms with Gasteiger partial charge in [-0.2, -0.15) is 13.2 Å². The van der Waals surface area contributed by atoms with Crippen LogP contribution in [0.2, 0.25) is 0 Å². The highest BCUT2D eigenvalue weighted by Gasteiger charge is 2.33. The van der Waals surface area contributed by atoms with E-state index in [0.29, 0.717) is 18.4 Å². The highest BCUT2D eigenvalue weighted by Crippen LogP contribution is 2.36. The predicted octanol–water partition coefficient (Wildman–Crippen LogP) is 4.75. The number of amides is 2. The molecular formula is C17H21F3N2O. The van der Waals surface area contributed by atoms with Gasteiger partial charge in [0.2, 0.25) is 0 Å². The number of urea groups is 1. The van der Waals surface area contributed by atoms with Gasteiger partial charge in [0.15, 0.2) is 0 Å². The smallest absolute Gasteiger partial charge is 0.324 e. The summed E-state index contributed by atoms with van der Waals surface area (Å²) in [7, 11) is 0. The van der Waals surface area contributed by atoms with Gasteiger partial charge in [0, 0.05) is 18.8 Å². The third-order valence-corrected chi connectivity index (χ3v) is 5.02. The van der Waals surface area contributed by atoms with Gasteiger partial charge in [-0.15, -0.1) is 0 Å². The molecule has 3 rings (SSSR count). The maximum atomic E-state index is 12.7. The molecule has 2 fully saturated rings. The molecule has 0 unspecified atom stereocenters. The molecule has 1 aliphatic heterocycles. The number of carbonyl (C=O) groups excluding carboxylic acids is 1. The van der Waals surface area contributed by atoms with Crippen LogP contribution >= 0.6 is 0 Å². The third-order valence-electron chi connectivity index (χ3n) is 5.02. The van der Waals surface area contributed by atoms with Crippen molar-refractivity contribution in [1.29, 1.82) is 0 Å². The van der Waals surface area contributed by atoms with E-state index in [2.05, 4.69) is 5.32 Å². The molecule has 126 valence electrons. The van der Waals surface area contributed by atoms with E-state index in [0.717, 1.165) is 31.5 Å². The molecule has 1 saturated heterocycles. The van der Waals surface area contributed by atoms with Crippen LogP contribution in [0, 0.1) is 11.8 Å². The normalized spacial score (nSPS) is 24.9. The molecule has 2 amide bonds. The van der Waals surface area contributed by atoms with E-state index < -0.39 is 11.7 Å². The number of nitrogens with zero attached hydrogens (tertiary/aromatic N) is 1. The van der Waals surface area contributed by atoms with Crippen molar-refractivity contribution in [2.45, 2.75) is 38.3 Å². The van der Waals surface area contributed by atoms with Gasteiger partial charge in [0.05, 0.1) is 5.56 Å². The summed E-state index contributed by atoms with van der Waals surface area (Å²) < 4.78 is 38.2. The number of halogens is 3. The Morgan fingerprint density at radius 3 is 2.61 bits per heavy atom. The van der Waals surface area contributed by atoms with Gasteiger partial charge < -0.3 is 10.2 Å². The fourth-order valence-electron chi connectivity index (χ4n) is 3.76. The molecule has 1 N–H and O–H groups in total. The second-order valence-electron chi connectivity index (χ2n) is 6.55. The van der Waals surface area contributed by atoms with Crippen LogP contribution in [-0.2, 0) is 6.18 Å². The molecule has 2 aliphatic rings. The number of hydrogen-bond donors (Lipinski definition) is 1. The fourth-order valence-corrected chi connectivity index (χ4v) is 3.76. The monoisotopic (exact) mass is 326 g/mol. The molecule has 6 heteroatoms. The lowest BCUT2D eigenvalue weighted by Gasteiger charge is -2.41. The summed E-state index contributed by atoms with van der Waals surface area (Å²) in [5.74, 6) is 1.26. The Kier molecular flexibility index (Phi) is 4.50. The first-order valence-corrected chi connectivity index (χ1v) is 8.16. The van der Waals surface area contributed by atoms with Crippen molar-refractivity contribution in [2.75, 3.05) is 18.4 Å². The molecule has 0 aromatic heterocycles. The molecule has 23 heavy (non-hydrogen) atoms. The first kappa shape index (κ1) is 16.1. The first-order valence-electron chi connectivity index (χ1n) is 8.16. The van der Waals surface area contributed by atoms with Gasteiger partial charge >= 0.3 is 12.2 Å². The first-order chi connectivity index (χ1) is 10.9. The Balaban J connectivity index is 1.63. The molecule has 0 radical (unpaired) electrons. The highest BCUT2D eigenvalue weighted by molar-refractivity contribution is 5.89. The van der Waals surface area contributed by atoms with Gasteiger partial charge in [0.1, 0.15) is 0 Å². The number of rotatable bonds is 1. The SMILES string of the molecule is O=C(Nc1cccc(C(F)(F)F)c1)N1CC[C@H]2CCCC[C@H]2C1. The maximum absolute atomic E-state index is 12.7. The number of anilines is 1. The Bertz CT molecular complexity index is 573. The molecule has 1 saturated carbocycles. The Labute approximate surface area is 133 Å². The van der Waals surface area contributed by atoms with Crippen LogP contribution in [0.1, 0.15) is 37.7 Å². The van der Waals surface area contributed by atoms with E-state index in [1.165, 1.54) is 31.4 Å². The molecule has 1 aromatic carbocycles. The molecule has 0 bridgehead atoms. The summed E-state index contributed by atoms with van der Waals surface area (Å²) in [5.41, 5.74) is -0.558. The van der Waals surface area contributed by atoms with E-state index in [9.17, 15) is 18.0 Å². The number of nitrogens with one attached hydrogen (secondary N) is 1. The number of alkyl halides is 3. The quantitative estimate of drug-likeness (QED) is 0.793. The van der Waals surface area contributed by atoms with Crippen molar-refractivity contribution in [3.63, 3.8) is 0 Å². The Morgan fingerprint density at radius 2 is 1.87 bits per heavy atom. The van der Waals surface area contributed by atoms with Gasteiger partial charge in [-0.25, -0.2) is 4.79 Å². The van der Waals surface area contributed by atoms with E-state index >= 15 is 0 Å². The van der Waals surface area contributed by atoms with Crippen LogP contribution < -0.4 is 5.32 Å². The average molecular weight is 326 g/mol. The molecule has 1 aliphatic carbocycles. The standard InChI is InChI=1S/C17H21F3N2O/c18-17(19,20)14-6-3-7-15(10-14)21-16(23)22-9-8-12-4-1-2-5-13(12)11-22/h3,6-7,10,12-13H,1-2,4-5,8-9,11H2,(H,21,23)/t12-,13+/m1/s1. The second kappa shape index (κ2) is 6.42. The lowest BCUT2D eigenvalue weighted by molar-refractivity contribution is -0.137. The van der Waals surface area contributed by atoms with Crippen LogP contribution in [0.5, 0.6) is 0 Å². The molecule has 2 atom stereocenters. The summed E-state index contributed by atoms with van der Waals surface area (Å²) in [6.45, 7) is 1.40. The van der Waals surface area contributed by atoms with Gasteiger partial charge in [0.25, 0.3) is 0 Å². The Hall–Kier alpha value is -1.72. The Morgan fingerprint density at radius 1 is 1.13 bits per heavy atom. The zero-order valence-electron chi connectivity index (χ0n) is 12.9. The van der Waals surface area contributed by atoms with Crippen molar-refractivity contribution < 1.29 is 18.0 Å². The average Bonchev–Trinajstić information content (AvgIpc) is 2.54. The minimum atomic E-state index is -4.40. The zero-order chi connectivity index (χ0) is 16.4. The van der Waals surface area contributed by atoms with E-state index in [1.54, 1.807) is 4.90 Å². The molecule has 0 spiro atoms. The molecule has 1 aromatic rings. The van der Waals surface area contributed by atoms with Crippen LogP contribution in [-0.4, -0.2) is 24.0 Å². The summed E-state index contributed by atoms with van der Waals surface area (Å²) >= 11 is 0. The summed E-state index contributed by atoms with van der Waals surface area (Å²) in [6, 6.07) is 4.48. The van der Waals surface area contributed by atoms with Crippen molar-refractivity contribution >= 4 is 11.7 Å². The predicted molar refractivity (Wildman–Crippen MR) is 82.1 cm³/mol.